The quantitative estimate of drug-likeness (QED) is 0.805. The number of nitrogens with zero attached hydrogens (tertiary/aromatic N) is 1. The molecule has 1 fully saturated rings. The smallest absolute Gasteiger partial charge is 0.323 e. The molecule has 0 saturated heterocycles. The summed E-state index contributed by atoms with van der Waals surface area (Å²) in [6, 6.07) is 0.389. The third-order valence-electron chi connectivity index (χ3n) is 4.34. The van der Waals surface area contributed by atoms with Gasteiger partial charge in [-0.2, -0.15) is 0 Å². The number of likely N-dealkylation sites (N-methyl/N-ethyl adjacent to an activating group) is 1. The second-order valence-corrected chi connectivity index (χ2v) is 5.85. The predicted molar refractivity (Wildman–Crippen MR) is 65.4 cm³/mol. The van der Waals surface area contributed by atoms with Gasteiger partial charge in [-0.05, 0) is 45.6 Å². The second kappa shape index (κ2) is 4.74. The molecule has 0 bridgehead atoms. The van der Waals surface area contributed by atoms with Gasteiger partial charge in [-0.1, -0.05) is 20.3 Å². The zero-order valence-electron chi connectivity index (χ0n) is 11.2. The molecule has 0 aromatic carbocycles. The summed E-state index contributed by atoms with van der Waals surface area (Å²) in [7, 11) is 1.96. The molecule has 0 spiro atoms. The van der Waals surface area contributed by atoms with Crippen molar-refractivity contribution in [3.05, 3.63) is 0 Å². The van der Waals surface area contributed by atoms with Crippen molar-refractivity contribution in [2.45, 2.75) is 58.5 Å². The van der Waals surface area contributed by atoms with Crippen LogP contribution in [0.3, 0.4) is 0 Å². The van der Waals surface area contributed by atoms with E-state index in [-0.39, 0.29) is 0 Å². The van der Waals surface area contributed by atoms with Crippen molar-refractivity contribution in [1.82, 2.24) is 4.90 Å². The number of hydrogen-bond donors (Lipinski definition) is 1. The molecule has 3 nitrogen and oxygen atoms in total. The van der Waals surface area contributed by atoms with Crippen molar-refractivity contribution >= 4 is 5.97 Å². The molecule has 0 aromatic heterocycles. The van der Waals surface area contributed by atoms with Crippen molar-refractivity contribution in [1.29, 1.82) is 0 Å². The van der Waals surface area contributed by atoms with E-state index < -0.39 is 11.5 Å². The van der Waals surface area contributed by atoms with E-state index in [1.165, 1.54) is 19.3 Å². The zero-order chi connectivity index (χ0) is 12.5. The fourth-order valence-corrected chi connectivity index (χ4v) is 2.95. The number of aliphatic carboxylic acids is 1. The van der Waals surface area contributed by atoms with E-state index in [4.69, 9.17) is 0 Å². The van der Waals surface area contributed by atoms with Crippen molar-refractivity contribution < 1.29 is 9.90 Å². The van der Waals surface area contributed by atoms with Crippen LogP contribution in [-0.2, 0) is 4.79 Å². The summed E-state index contributed by atoms with van der Waals surface area (Å²) in [6.45, 7) is 8.08. The molecule has 1 saturated carbocycles. The van der Waals surface area contributed by atoms with Gasteiger partial charge < -0.3 is 5.11 Å². The van der Waals surface area contributed by atoms with Gasteiger partial charge >= 0.3 is 5.97 Å². The molecule has 2 unspecified atom stereocenters. The maximum atomic E-state index is 11.3. The fraction of sp³-hybridized carbons (Fsp3) is 0.923. The summed E-state index contributed by atoms with van der Waals surface area (Å²) >= 11 is 0. The highest BCUT2D eigenvalue weighted by Crippen LogP contribution is 2.35. The van der Waals surface area contributed by atoms with E-state index in [1.54, 1.807) is 13.8 Å². The third-order valence-corrected chi connectivity index (χ3v) is 4.34. The normalized spacial score (nSPS) is 31.8. The summed E-state index contributed by atoms with van der Waals surface area (Å²) in [5, 5.41) is 9.27. The van der Waals surface area contributed by atoms with Gasteiger partial charge in [0, 0.05) is 6.04 Å². The van der Waals surface area contributed by atoms with E-state index in [0.717, 1.165) is 0 Å². The van der Waals surface area contributed by atoms with Crippen LogP contribution in [-0.4, -0.2) is 34.6 Å². The maximum Gasteiger partial charge on any atom is 0.323 e. The Kier molecular flexibility index (Phi) is 4.00. The molecule has 3 heteroatoms. The molecule has 2 atom stereocenters. The van der Waals surface area contributed by atoms with Crippen LogP contribution >= 0.6 is 0 Å². The average Bonchev–Trinajstić information content (AvgIpc) is 2.16. The topological polar surface area (TPSA) is 40.5 Å². The number of rotatable bonds is 3. The van der Waals surface area contributed by atoms with E-state index in [9.17, 15) is 9.90 Å². The molecular weight excluding hydrogens is 202 g/mol. The molecule has 1 aliphatic carbocycles. The second-order valence-electron chi connectivity index (χ2n) is 5.85. The third kappa shape index (κ3) is 2.40. The van der Waals surface area contributed by atoms with Crippen molar-refractivity contribution in [2.24, 2.45) is 11.8 Å². The lowest BCUT2D eigenvalue weighted by molar-refractivity contribution is -0.151. The van der Waals surface area contributed by atoms with Crippen LogP contribution in [0.1, 0.15) is 47.0 Å². The Morgan fingerprint density at radius 1 is 1.25 bits per heavy atom. The van der Waals surface area contributed by atoms with Crippen LogP contribution in [0.2, 0.25) is 0 Å². The number of carboxylic acid groups (broad SMARTS) is 1. The van der Waals surface area contributed by atoms with E-state index in [1.807, 2.05) is 7.05 Å². The summed E-state index contributed by atoms with van der Waals surface area (Å²) in [4.78, 5) is 13.3. The number of carbonyl (C=O) groups is 1. The molecule has 1 rings (SSSR count). The summed E-state index contributed by atoms with van der Waals surface area (Å²) in [5.74, 6) is 0.444. The molecule has 0 aliphatic heterocycles. The Balaban J connectivity index is 2.85. The van der Waals surface area contributed by atoms with Gasteiger partial charge in [-0.3, -0.25) is 9.69 Å². The van der Waals surface area contributed by atoms with Gasteiger partial charge in [-0.25, -0.2) is 0 Å². The average molecular weight is 227 g/mol. The minimum Gasteiger partial charge on any atom is -0.480 e. The maximum absolute atomic E-state index is 11.3. The van der Waals surface area contributed by atoms with Gasteiger partial charge in [0.25, 0.3) is 0 Å². The summed E-state index contributed by atoms with van der Waals surface area (Å²) < 4.78 is 0. The minimum absolute atomic E-state index is 0.389. The molecule has 1 N–H and O–H groups in total. The lowest BCUT2D eigenvalue weighted by Crippen LogP contribution is -2.57. The van der Waals surface area contributed by atoms with Gasteiger partial charge in [0.1, 0.15) is 5.54 Å². The molecule has 0 aromatic rings. The zero-order valence-corrected chi connectivity index (χ0v) is 11.2. The highest BCUT2D eigenvalue weighted by atomic mass is 16.4. The first-order chi connectivity index (χ1) is 7.28. The van der Waals surface area contributed by atoms with Crippen molar-refractivity contribution in [2.75, 3.05) is 7.05 Å². The lowest BCUT2D eigenvalue weighted by atomic mass is 9.76. The SMILES string of the molecule is CC1CCCC(C)C1N(C)C(C)(C)C(=O)O. The Labute approximate surface area is 98.8 Å². The fourth-order valence-electron chi connectivity index (χ4n) is 2.95. The summed E-state index contributed by atoms with van der Waals surface area (Å²) in [6.07, 6.45) is 3.71. The van der Waals surface area contributed by atoms with Gasteiger partial charge in [0.15, 0.2) is 0 Å². The first-order valence-electron chi connectivity index (χ1n) is 6.24. The molecule has 94 valence electrons. The van der Waals surface area contributed by atoms with Gasteiger partial charge in [0.2, 0.25) is 0 Å². The highest BCUT2D eigenvalue weighted by molar-refractivity contribution is 5.77. The first-order valence-corrected chi connectivity index (χ1v) is 6.24. The largest absolute Gasteiger partial charge is 0.480 e. The van der Waals surface area contributed by atoms with E-state index >= 15 is 0 Å². The van der Waals surface area contributed by atoms with E-state index in [0.29, 0.717) is 17.9 Å². The molecule has 0 heterocycles. The molecular formula is C13H25NO2. The predicted octanol–water partition coefficient (Wildman–Crippen LogP) is 2.61. The standard InChI is InChI=1S/C13H25NO2/c1-9-7-6-8-10(2)11(9)14(5)13(3,4)12(15)16/h9-11H,6-8H2,1-5H3,(H,15,16). The Morgan fingerprint density at radius 3 is 2.06 bits per heavy atom. The van der Waals surface area contributed by atoms with Crippen LogP contribution in [0.25, 0.3) is 0 Å². The Bertz CT molecular complexity index is 253. The van der Waals surface area contributed by atoms with Crippen LogP contribution in [0, 0.1) is 11.8 Å². The molecule has 1 aliphatic rings. The molecule has 16 heavy (non-hydrogen) atoms. The number of carboxylic acids is 1. The minimum atomic E-state index is -0.773. The Hall–Kier alpha value is -0.570. The van der Waals surface area contributed by atoms with Crippen molar-refractivity contribution in [3.63, 3.8) is 0 Å². The highest BCUT2D eigenvalue weighted by Gasteiger charge is 2.41. The lowest BCUT2D eigenvalue weighted by Gasteiger charge is -2.46. The monoisotopic (exact) mass is 227 g/mol. The molecule has 0 radical (unpaired) electrons. The van der Waals surface area contributed by atoms with Crippen molar-refractivity contribution in [3.8, 4) is 0 Å². The summed E-state index contributed by atoms with van der Waals surface area (Å²) in [5.41, 5.74) is -0.773. The van der Waals surface area contributed by atoms with Crippen LogP contribution in [0.5, 0.6) is 0 Å². The van der Waals surface area contributed by atoms with Crippen LogP contribution in [0.15, 0.2) is 0 Å². The first kappa shape index (κ1) is 13.5. The van der Waals surface area contributed by atoms with Gasteiger partial charge in [-0.15, -0.1) is 0 Å². The van der Waals surface area contributed by atoms with Gasteiger partial charge in [0.05, 0.1) is 0 Å². The van der Waals surface area contributed by atoms with Crippen LogP contribution < -0.4 is 0 Å². The molecule has 0 amide bonds. The van der Waals surface area contributed by atoms with E-state index in [2.05, 4.69) is 18.7 Å². The van der Waals surface area contributed by atoms with Crippen LogP contribution in [0.4, 0.5) is 0 Å². The number of hydrogen-bond acceptors (Lipinski definition) is 2. The Morgan fingerprint density at radius 2 is 1.69 bits per heavy atom.